The number of rotatable bonds is 2. The van der Waals surface area contributed by atoms with Gasteiger partial charge < -0.3 is 5.32 Å². The van der Waals surface area contributed by atoms with Gasteiger partial charge in [0, 0.05) is 6.04 Å². The highest BCUT2D eigenvalue weighted by molar-refractivity contribution is 5.30. The number of hydrogen-bond acceptors (Lipinski definition) is 1. The first-order chi connectivity index (χ1) is 8.88. The predicted octanol–water partition coefficient (Wildman–Crippen LogP) is 3.78. The molecule has 0 amide bonds. The molecule has 2 unspecified atom stereocenters. The van der Waals surface area contributed by atoms with Gasteiger partial charge in [0.2, 0.25) is 0 Å². The van der Waals surface area contributed by atoms with Crippen molar-refractivity contribution in [2.75, 3.05) is 6.54 Å². The molecule has 106 valence electrons. The third-order valence-electron chi connectivity index (χ3n) is 4.03. The minimum absolute atomic E-state index is 0.242. The topological polar surface area (TPSA) is 12.0 Å². The number of piperidine rings is 1. The Kier molecular flexibility index (Phi) is 4.19. The zero-order valence-corrected chi connectivity index (χ0v) is 11.3. The third kappa shape index (κ3) is 3.50. The molecule has 0 radical (unpaired) electrons. The molecule has 0 spiro atoms. The molecule has 2 atom stereocenters. The van der Waals surface area contributed by atoms with Gasteiger partial charge >= 0.3 is 6.18 Å². The maximum absolute atomic E-state index is 13.0. The lowest BCUT2D eigenvalue weighted by atomic mass is 9.86. The minimum atomic E-state index is -4.10. The van der Waals surface area contributed by atoms with Gasteiger partial charge in [-0.2, -0.15) is 13.2 Å². The van der Waals surface area contributed by atoms with Crippen molar-refractivity contribution in [1.29, 1.82) is 0 Å². The van der Waals surface area contributed by atoms with E-state index < -0.39 is 18.1 Å². The van der Waals surface area contributed by atoms with Crippen LogP contribution in [0, 0.1) is 19.8 Å². The number of benzene rings is 1. The van der Waals surface area contributed by atoms with E-state index in [0.29, 0.717) is 19.4 Å². The van der Waals surface area contributed by atoms with Crippen LogP contribution < -0.4 is 5.32 Å². The molecule has 1 aliphatic rings. The Morgan fingerprint density at radius 2 is 1.95 bits per heavy atom. The molecular formula is C15H20F3N. The van der Waals surface area contributed by atoms with Crippen LogP contribution in [-0.4, -0.2) is 18.8 Å². The molecular weight excluding hydrogens is 251 g/mol. The maximum Gasteiger partial charge on any atom is 0.393 e. The highest BCUT2D eigenvalue weighted by Crippen LogP contribution is 2.35. The van der Waals surface area contributed by atoms with E-state index in [4.69, 9.17) is 0 Å². The van der Waals surface area contributed by atoms with E-state index in [1.54, 1.807) is 0 Å². The first kappa shape index (κ1) is 14.4. The second-order valence-corrected chi connectivity index (χ2v) is 5.47. The van der Waals surface area contributed by atoms with Gasteiger partial charge in [0.15, 0.2) is 0 Å². The van der Waals surface area contributed by atoms with Gasteiger partial charge in [0.25, 0.3) is 0 Å². The smallest absolute Gasteiger partial charge is 0.313 e. The Bertz CT molecular complexity index is 440. The number of alkyl halides is 3. The SMILES string of the molecule is Cc1ccc(CC2NCCCC2C(F)(F)F)cc1C. The Balaban J connectivity index is 2.13. The molecule has 0 aliphatic carbocycles. The molecule has 4 heteroatoms. The van der Waals surface area contributed by atoms with Crippen molar-refractivity contribution >= 4 is 0 Å². The summed E-state index contributed by atoms with van der Waals surface area (Å²) in [6, 6.07) is 5.43. The summed E-state index contributed by atoms with van der Waals surface area (Å²) in [5, 5.41) is 3.04. The first-order valence-electron chi connectivity index (χ1n) is 6.74. The summed E-state index contributed by atoms with van der Waals surface area (Å²) in [6.45, 7) is 4.69. The zero-order valence-electron chi connectivity index (χ0n) is 11.3. The Hall–Kier alpha value is -1.03. The van der Waals surface area contributed by atoms with Gasteiger partial charge in [-0.25, -0.2) is 0 Å². The summed E-state index contributed by atoms with van der Waals surface area (Å²) in [5.74, 6) is -1.22. The molecule has 0 aromatic heterocycles. The maximum atomic E-state index is 13.0. The fourth-order valence-corrected chi connectivity index (χ4v) is 2.74. The molecule has 19 heavy (non-hydrogen) atoms. The van der Waals surface area contributed by atoms with Crippen LogP contribution in [-0.2, 0) is 6.42 Å². The van der Waals surface area contributed by atoms with Gasteiger partial charge in [-0.1, -0.05) is 18.2 Å². The van der Waals surface area contributed by atoms with Crippen molar-refractivity contribution in [2.24, 2.45) is 5.92 Å². The molecule has 1 saturated heterocycles. The second kappa shape index (κ2) is 5.53. The number of halogens is 3. The molecule has 1 nitrogen and oxygen atoms in total. The Morgan fingerprint density at radius 3 is 2.58 bits per heavy atom. The van der Waals surface area contributed by atoms with E-state index >= 15 is 0 Å². The van der Waals surface area contributed by atoms with Crippen LogP contribution in [0.3, 0.4) is 0 Å². The van der Waals surface area contributed by atoms with Crippen LogP contribution in [0.4, 0.5) is 13.2 Å². The van der Waals surface area contributed by atoms with Crippen molar-refractivity contribution in [2.45, 2.75) is 45.3 Å². The zero-order chi connectivity index (χ0) is 14.0. The Labute approximate surface area is 112 Å². The lowest BCUT2D eigenvalue weighted by Crippen LogP contribution is -2.48. The number of aryl methyl sites for hydroxylation is 2. The van der Waals surface area contributed by atoms with E-state index in [-0.39, 0.29) is 6.42 Å². The summed E-state index contributed by atoms with van der Waals surface area (Å²) in [6.07, 6.45) is -2.80. The number of nitrogens with one attached hydrogen (secondary N) is 1. The van der Waals surface area contributed by atoms with E-state index in [1.807, 2.05) is 32.0 Å². The van der Waals surface area contributed by atoms with Gasteiger partial charge in [-0.05, 0) is 56.3 Å². The van der Waals surface area contributed by atoms with Crippen LogP contribution >= 0.6 is 0 Å². The van der Waals surface area contributed by atoms with Crippen LogP contribution in [0.1, 0.15) is 29.5 Å². The molecule has 1 aromatic carbocycles. The molecule has 1 heterocycles. The third-order valence-corrected chi connectivity index (χ3v) is 4.03. The van der Waals surface area contributed by atoms with Gasteiger partial charge in [0.05, 0.1) is 5.92 Å². The summed E-state index contributed by atoms with van der Waals surface area (Å²) < 4.78 is 39.0. The minimum Gasteiger partial charge on any atom is -0.313 e. The average Bonchev–Trinajstić information content (AvgIpc) is 2.33. The van der Waals surface area contributed by atoms with Crippen molar-refractivity contribution in [3.8, 4) is 0 Å². The average molecular weight is 271 g/mol. The quantitative estimate of drug-likeness (QED) is 0.863. The highest BCUT2D eigenvalue weighted by Gasteiger charge is 2.45. The highest BCUT2D eigenvalue weighted by atomic mass is 19.4. The lowest BCUT2D eigenvalue weighted by Gasteiger charge is -2.34. The van der Waals surface area contributed by atoms with Crippen LogP contribution in [0.2, 0.25) is 0 Å². The van der Waals surface area contributed by atoms with Crippen molar-refractivity contribution in [3.05, 3.63) is 34.9 Å². The van der Waals surface area contributed by atoms with Crippen molar-refractivity contribution in [3.63, 3.8) is 0 Å². The van der Waals surface area contributed by atoms with E-state index in [1.165, 1.54) is 5.56 Å². The second-order valence-electron chi connectivity index (χ2n) is 5.47. The monoisotopic (exact) mass is 271 g/mol. The molecule has 1 aliphatic heterocycles. The van der Waals surface area contributed by atoms with Crippen molar-refractivity contribution in [1.82, 2.24) is 5.32 Å². The van der Waals surface area contributed by atoms with Crippen LogP contribution in [0.25, 0.3) is 0 Å². The Morgan fingerprint density at radius 1 is 1.21 bits per heavy atom. The standard InChI is InChI=1S/C15H20F3N/c1-10-5-6-12(8-11(10)2)9-14-13(15(16,17)18)4-3-7-19-14/h5-6,8,13-14,19H,3-4,7,9H2,1-2H3. The van der Waals surface area contributed by atoms with E-state index in [9.17, 15) is 13.2 Å². The van der Waals surface area contributed by atoms with Crippen LogP contribution in [0.15, 0.2) is 18.2 Å². The molecule has 1 fully saturated rings. The van der Waals surface area contributed by atoms with Gasteiger partial charge in [-0.3, -0.25) is 0 Å². The first-order valence-corrected chi connectivity index (χ1v) is 6.74. The van der Waals surface area contributed by atoms with Crippen molar-refractivity contribution < 1.29 is 13.2 Å². The molecule has 0 bridgehead atoms. The van der Waals surface area contributed by atoms with E-state index in [0.717, 1.165) is 11.1 Å². The number of hydrogen-bond donors (Lipinski definition) is 1. The fourth-order valence-electron chi connectivity index (χ4n) is 2.74. The fraction of sp³-hybridized carbons (Fsp3) is 0.600. The molecule has 0 saturated carbocycles. The van der Waals surface area contributed by atoms with Gasteiger partial charge in [-0.15, -0.1) is 0 Å². The lowest BCUT2D eigenvalue weighted by molar-refractivity contribution is -0.188. The van der Waals surface area contributed by atoms with Gasteiger partial charge in [0.1, 0.15) is 0 Å². The summed E-state index contributed by atoms with van der Waals surface area (Å²) in [5.41, 5.74) is 3.29. The van der Waals surface area contributed by atoms with E-state index in [2.05, 4.69) is 5.32 Å². The van der Waals surface area contributed by atoms with Crippen LogP contribution in [0.5, 0.6) is 0 Å². The summed E-state index contributed by atoms with van der Waals surface area (Å²) in [7, 11) is 0. The largest absolute Gasteiger partial charge is 0.393 e. The normalized spacial score (nSPS) is 24.5. The predicted molar refractivity (Wildman–Crippen MR) is 70.2 cm³/mol. The molecule has 1 aromatic rings. The summed E-state index contributed by atoms with van der Waals surface area (Å²) in [4.78, 5) is 0. The molecule has 2 rings (SSSR count). The molecule has 1 N–H and O–H groups in total. The summed E-state index contributed by atoms with van der Waals surface area (Å²) >= 11 is 0.